The van der Waals surface area contributed by atoms with Crippen LogP contribution in [0.2, 0.25) is 5.02 Å². The number of halogens is 1. The maximum Gasteiger partial charge on any atom is 0.224 e. The molecule has 0 radical (unpaired) electrons. The first-order valence-corrected chi connectivity index (χ1v) is 10.6. The van der Waals surface area contributed by atoms with Crippen molar-refractivity contribution in [2.24, 2.45) is 5.92 Å². The van der Waals surface area contributed by atoms with Crippen molar-refractivity contribution in [2.75, 3.05) is 25.4 Å². The van der Waals surface area contributed by atoms with E-state index in [9.17, 15) is 4.79 Å². The van der Waals surface area contributed by atoms with Gasteiger partial charge in [-0.3, -0.25) is 9.69 Å². The Morgan fingerprint density at radius 2 is 2.27 bits per heavy atom. The second-order valence-electron chi connectivity index (χ2n) is 6.63. The highest BCUT2D eigenvalue weighted by Crippen LogP contribution is 2.20. The summed E-state index contributed by atoms with van der Waals surface area (Å²) in [5.41, 5.74) is 1.20. The summed E-state index contributed by atoms with van der Waals surface area (Å²) in [6, 6.07) is 11.8. The third kappa shape index (κ3) is 6.08. The molecule has 1 aliphatic heterocycles. The van der Waals surface area contributed by atoms with Crippen molar-refractivity contribution in [2.45, 2.75) is 25.1 Å². The van der Waals surface area contributed by atoms with E-state index in [2.05, 4.69) is 16.3 Å². The van der Waals surface area contributed by atoms with E-state index in [1.165, 1.54) is 5.56 Å². The number of nitrogens with zero attached hydrogens (tertiary/aromatic N) is 1. The summed E-state index contributed by atoms with van der Waals surface area (Å²) in [6.45, 7) is 3.41. The van der Waals surface area contributed by atoms with Crippen molar-refractivity contribution in [3.63, 3.8) is 0 Å². The van der Waals surface area contributed by atoms with Gasteiger partial charge in [0.05, 0.1) is 17.9 Å². The molecule has 140 valence electrons. The van der Waals surface area contributed by atoms with E-state index in [0.717, 1.165) is 54.8 Å². The molecular formula is C20H25ClN2O2S. The van der Waals surface area contributed by atoms with Crippen LogP contribution in [0.5, 0.6) is 0 Å². The van der Waals surface area contributed by atoms with Crippen molar-refractivity contribution in [3.05, 3.63) is 59.0 Å². The third-order valence-corrected chi connectivity index (χ3v) is 5.76. The van der Waals surface area contributed by atoms with E-state index in [1.54, 1.807) is 18.0 Å². The van der Waals surface area contributed by atoms with Gasteiger partial charge in [0.1, 0.15) is 5.76 Å². The summed E-state index contributed by atoms with van der Waals surface area (Å²) in [7, 11) is 0. The number of furan rings is 1. The zero-order valence-electron chi connectivity index (χ0n) is 14.8. The molecule has 1 atom stereocenters. The summed E-state index contributed by atoms with van der Waals surface area (Å²) in [4.78, 5) is 14.8. The van der Waals surface area contributed by atoms with Gasteiger partial charge < -0.3 is 9.73 Å². The Balaban J connectivity index is 1.37. The van der Waals surface area contributed by atoms with Gasteiger partial charge >= 0.3 is 0 Å². The topological polar surface area (TPSA) is 45.5 Å². The van der Waals surface area contributed by atoms with E-state index in [1.807, 2.05) is 30.3 Å². The highest BCUT2D eigenvalue weighted by Gasteiger charge is 2.25. The van der Waals surface area contributed by atoms with Gasteiger partial charge in [-0.1, -0.05) is 23.7 Å². The van der Waals surface area contributed by atoms with Crippen LogP contribution in [0, 0.1) is 5.92 Å². The number of hydrogen-bond donors (Lipinski definition) is 1. The Morgan fingerprint density at radius 3 is 3.08 bits per heavy atom. The SMILES string of the molecule is O=C(NCCSCc1ccco1)C1CCCN(Cc2cccc(Cl)c2)C1. The molecule has 4 nitrogen and oxygen atoms in total. The minimum absolute atomic E-state index is 0.0815. The van der Waals surface area contributed by atoms with Gasteiger partial charge in [0.15, 0.2) is 0 Å². The van der Waals surface area contributed by atoms with Crippen LogP contribution in [-0.2, 0) is 17.1 Å². The van der Waals surface area contributed by atoms with Crippen LogP contribution in [0.15, 0.2) is 47.1 Å². The Labute approximate surface area is 164 Å². The smallest absolute Gasteiger partial charge is 0.224 e. The lowest BCUT2D eigenvalue weighted by Crippen LogP contribution is -2.43. The molecule has 26 heavy (non-hydrogen) atoms. The molecule has 3 rings (SSSR count). The summed E-state index contributed by atoms with van der Waals surface area (Å²) in [5, 5.41) is 3.85. The van der Waals surface area contributed by atoms with Gasteiger partial charge in [-0.25, -0.2) is 0 Å². The highest BCUT2D eigenvalue weighted by atomic mass is 35.5. The van der Waals surface area contributed by atoms with Gasteiger partial charge in [0.2, 0.25) is 5.91 Å². The number of hydrogen-bond acceptors (Lipinski definition) is 4. The number of carbonyl (C=O) groups excluding carboxylic acids is 1. The van der Waals surface area contributed by atoms with Crippen molar-refractivity contribution in [1.29, 1.82) is 0 Å². The molecular weight excluding hydrogens is 368 g/mol. The molecule has 6 heteroatoms. The molecule has 0 bridgehead atoms. The van der Waals surface area contributed by atoms with E-state index in [0.29, 0.717) is 6.54 Å². The third-order valence-electron chi connectivity index (χ3n) is 4.54. The van der Waals surface area contributed by atoms with E-state index in [-0.39, 0.29) is 11.8 Å². The maximum absolute atomic E-state index is 12.5. The van der Waals surface area contributed by atoms with E-state index in [4.69, 9.17) is 16.0 Å². The Kier molecular flexibility index (Phi) is 7.47. The summed E-state index contributed by atoms with van der Waals surface area (Å²) in [5.74, 6) is 2.98. The zero-order chi connectivity index (χ0) is 18.2. The number of nitrogens with one attached hydrogen (secondary N) is 1. The second kappa shape index (κ2) is 10.0. The van der Waals surface area contributed by atoms with Crippen LogP contribution in [0.3, 0.4) is 0 Å². The van der Waals surface area contributed by atoms with Gasteiger partial charge in [-0.2, -0.15) is 11.8 Å². The van der Waals surface area contributed by atoms with Gasteiger partial charge in [-0.05, 0) is 49.2 Å². The standard InChI is InChI=1S/C20H25ClN2O2S/c21-18-6-1-4-16(12-18)13-23-9-2-5-17(14-23)20(24)22-8-11-26-15-19-7-3-10-25-19/h1,3-4,6-7,10,12,17H,2,5,8-9,11,13-15H2,(H,22,24). The quantitative estimate of drug-likeness (QED) is 0.684. The van der Waals surface area contributed by atoms with Gasteiger partial charge in [0.25, 0.3) is 0 Å². The number of thioether (sulfide) groups is 1. The molecule has 1 N–H and O–H groups in total. The summed E-state index contributed by atoms with van der Waals surface area (Å²) >= 11 is 7.84. The molecule has 1 saturated heterocycles. The van der Waals surface area contributed by atoms with Crippen molar-refractivity contribution < 1.29 is 9.21 Å². The van der Waals surface area contributed by atoms with Crippen LogP contribution >= 0.6 is 23.4 Å². The van der Waals surface area contributed by atoms with Crippen molar-refractivity contribution in [3.8, 4) is 0 Å². The Hall–Kier alpha value is -1.43. The molecule has 1 aromatic heterocycles. The predicted octanol–water partition coefficient (Wildman–Crippen LogP) is 4.19. The normalized spacial score (nSPS) is 18.0. The first kappa shape index (κ1) is 19.3. The van der Waals surface area contributed by atoms with Crippen molar-refractivity contribution in [1.82, 2.24) is 10.2 Å². The first-order valence-electron chi connectivity index (χ1n) is 9.05. The lowest BCUT2D eigenvalue weighted by molar-refractivity contribution is -0.126. The molecule has 0 aliphatic carbocycles. The number of rotatable bonds is 8. The minimum atomic E-state index is 0.0815. The molecule has 1 aliphatic rings. The molecule has 1 unspecified atom stereocenters. The second-order valence-corrected chi connectivity index (χ2v) is 8.17. The molecule has 1 amide bonds. The molecule has 2 aromatic rings. The fourth-order valence-corrected chi connectivity index (χ4v) is 4.23. The summed E-state index contributed by atoms with van der Waals surface area (Å²) < 4.78 is 5.30. The average molecular weight is 393 g/mol. The Morgan fingerprint density at radius 1 is 1.35 bits per heavy atom. The van der Waals surface area contributed by atoms with Crippen LogP contribution in [0.25, 0.3) is 0 Å². The van der Waals surface area contributed by atoms with Crippen LogP contribution in [0.4, 0.5) is 0 Å². The Bertz CT molecular complexity index is 693. The molecule has 2 heterocycles. The van der Waals surface area contributed by atoms with Crippen molar-refractivity contribution >= 4 is 29.3 Å². The van der Waals surface area contributed by atoms with Gasteiger partial charge in [-0.15, -0.1) is 0 Å². The van der Waals surface area contributed by atoms with E-state index >= 15 is 0 Å². The summed E-state index contributed by atoms with van der Waals surface area (Å²) in [6.07, 6.45) is 3.72. The van der Waals surface area contributed by atoms with Gasteiger partial charge in [0, 0.05) is 30.4 Å². The number of amides is 1. The van der Waals surface area contributed by atoms with E-state index < -0.39 is 0 Å². The highest BCUT2D eigenvalue weighted by molar-refractivity contribution is 7.98. The predicted molar refractivity (Wildman–Crippen MR) is 107 cm³/mol. The monoisotopic (exact) mass is 392 g/mol. The van der Waals surface area contributed by atoms with Crippen LogP contribution in [-0.4, -0.2) is 36.2 Å². The molecule has 0 saturated carbocycles. The number of likely N-dealkylation sites (tertiary alicyclic amines) is 1. The fraction of sp³-hybridized carbons (Fsp3) is 0.450. The molecule has 0 spiro atoms. The van der Waals surface area contributed by atoms with Crippen LogP contribution < -0.4 is 5.32 Å². The minimum Gasteiger partial charge on any atom is -0.468 e. The lowest BCUT2D eigenvalue weighted by Gasteiger charge is -2.32. The maximum atomic E-state index is 12.5. The number of piperidine rings is 1. The van der Waals surface area contributed by atoms with Crippen LogP contribution in [0.1, 0.15) is 24.2 Å². The average Bonchev–Trinajstić information content (AvgIpc) is 3.15. The fourth-order valence-electron chi connectivity index (χ4n) is 3.26. The number of carbonyl (C=O) groups is 1. The lowest BCUT2D eigenvalue weighted by atomic mass is 9.96. The zero-order valence-corrected chi connectivity index (χ0v) is 16.4. The number of benzene rings is 1. The molecule has 1 aromatic carbocycles. The molecule has 1 fully saturated rings. The first-order chi connectivity index (χ1) is 12.7. The largest absolute Gasteiger partial charge is 0.468 e.